The van der Waals surface area contributed by atoms with Gasteiger partial charge in [0.25, 0.3) is 5.56 Å². The number of benzene rings is 1. The second-order valence-electron chi connectivity index (χ2n) is 7.30. The second kappa shape index (κ2) is 5.95. The predicted molar refractivity (Wildman–Crippen MR) is 102 cm³/mol. The van der Waals surface area contributed by atoms with E-state index in [1.807, 2.05) is 34.9 Å². The molecule has 26 heavy (non-hydrogen) atoms. The summed E-state index contributed by atoms with van der Waals surface area (Å²) in [5, 5.41) is 4.53. The van der Waals surface area contributed by atoms with Crippen LogP contribution in [0.2, 0.25) is 0 Å². The molecule has 0 radical (unpaired) electrons. The molecule has 2 aliphatic rings. The van der Waals surface area contributed by atoms with Crippen molar-refractivity contribution in [2.75, 3.05) is 20.2 Å². The third-order valence-corrected chi connectivity index (χ3v) is 5.66. The number of pyridine rings is 2. The molecule has 5 rings (SSSR count). The summed E-state index contributed by atoms with van der Waals surface area (Å²) in [6.45, 7) is 2.77. The van der Waals surface area contributed by atoms with Crippen molar-refractivity contribution in [3.63, 3.8) is 0 Å². The molecule has 2 aromatic heterocycles. The number of hydrogen-bond acceptors (Lipinski definition) is 4. The lowest BCUT2D eigenvalue weighted by Crippen LogP contribution is -2.44. The summed E-state index contributed by atoms with van der Waals surface area (Å²) in [6, 6.07) is 13.8. The van der Waals surface area contributed by atoms with Crippen molar-refractivity contribution < 1.29 is 4.74 Å². The van der Waals surface area contributed by atoms with Gasteiger partial charge >= 0.3 is 0 Å². The Morgan fingerprint density at radius 1 is 1.19 bits per heavy atom. The van der Waals surface area contributed by atoms with Crippen LogP contribution in [0.3, 0.4) is 0 Å². The van der Waals surface area contributed by atoms with Gasteiger partial charge < -0.3 is 14.6 Å². The zero-order chi connectivity index (χ0) is 17.7. The van der Waals surface area contributed by atoms with Crippen molar-refractivity contribution in [2.24, 2.45) is 5.92 Å². The van der Waals surface area contributed by atoms with E-state index < -0.39 is 0 Å². The lowest BCUT2D eigenvalue weighted by Gasteiger charge is -2.37. The monoisotopic (exact) mass is 347 g/mol. The molecule has 2 aliphatic heterocycles. The summed E-state index contributed by atoms with van der Waals surface area (Å²) in [5.74, 6) is 1.72. The van der Waals surface area contributed by atoms with Gasteiger partial charge in [-0.1, -0.05) is 18.2 Å². The number of aromatic nitrogens is 2. The summed E-state index contributed by atoms with van der Waals surface area (Å²) in [6.07, 6.45) is 1.16. The van der Waals surface area contributed by atoms with E-state index >= 15 is 0 Å². The fourth-order valence-corrected chi connectivity index (χ4v) is 4.40. The molecule has 0 amide bonds. The highest BCUT2D eigenvalue weighted by Crippen LogP contribution is 2.34. The molecule has 3 aromatic rings. The van der Waals surface area contributed by atoms with Crippen LogP contribution in [0.25, 0.3) is 22.2 Å². The number of fused-ring (bicyclic) bond motifs is 5. The quantitative estimate of drug-likeness (QED) is 0.774. The molecule has 2 atom stereocenters. The number of nitrogens with zero attached hydrogens (tertiary/aromatic N) is 2. The summed E-state index contributed by atoms with van der Waals surface area (Å²) < 4.78 is 7.41. The van der Waals surface area contributed by atoms with Gasteiger partial charge in [-0.3, -0.25) is 4.79 Å². The average Bonchev–Trinajstić information content (AvgIpc) is 2.68. The minimum Gasteiger partial charge on any atom is -0.494 e. The zero-order valence-corrected chi connectivity index (χ0v) is 14.7. The van der Waals surface area contributed by atoms with Crippen LogP contribution >= 0.6 is 0 Å². The molecule has 1 saturated heterocycles. The molecular weight excluding hydrogens is 326 g/mol. The summed E-state index contributed by atoms with van der Waals surface area (Å²) >= 11 is 0. The first kappa shape index (κ1) is 15.6. The first-order valence-electron chi connectivity index (χ1n) is 9.12. The van der Waals surface area contributed by atoms with E-state index in [2.05, 4.69) is 11.4 Å². The number of para-hydroxylation sites is 1. The van der Waals surface area contributed by atoms with Gasteiger partial charge in [-0.15, -0.1) is 0 Å². The lowest BCUT2D eigenvalue weighted by atomic mass is 9.83. The van der Waals surface area contributed by atoms with Crippen LogP contribution in [0.15, 0.2) is 47.3 Å². The van der Waals surface area contributed by atoms with Crippen LogP contribution in [0.1, 0.15) is 18.0 Å². The van der Waals surface area contributed by atoms with Gasteiger partial charge in [-0.2, -0.15) is 0 Å². The summed E-state index contributed by atoms with van der Waals surface area (Å²) in [4.78, 5) is 17.6. The van der Waals surface area contributed by atoms with Gasteiger partial charge in [0.2, 0.25) is 0 Å². The first-order chi connectivity index (χ1) is 12.7. The lowest BCUT2D eigenvalue weighted by molar-refractivity contribution is 0.257. The van der Waals surface area contributed by atoms with Crippen LogP contribution in [0, 0.1) is 5.92 Å². The number of nitrogens with one attached hydrogen (secondary N) is 1. The van der Waals surface area contributed by atoms with Crippen molar-refractivity contribution in [3.8, 4) is 17.0 Å². The standard InChI is InChI=1S/C21H21N3O2/c1-26-19-4-2-3-14-5-6-17(23-21(14)19)15-8-18-16-7-13(10-22-11-16)12-24(18)20(25)9-15/h2-6,8-9,13,16,22H,7,10-12H2,1H3/t13-,16+/m0/s1. The molecule has 1 fully saturated rings. The Bertz CT molecular complexity index is 1060. The molecule has 2 bridgehead atoms. The predicted octanol–water partition coefficient (Wildman–Crippen LogP) is 2.78. The molecule has 1 N–H and O–H groups in total. The van der Waals surface area contributed by atoms with Gasteiger partial charge in [0.05, 0.1) is 12.8 Å². The Morgan fingerprint density at radius 3 is 3.00 bits per heavy atom. The Kier molecular flexibility index (Phi) is 3.57. The second-order valence-corrected chi connectivity index (χ2v) is 7.30. The highest BCUT2D eigenvalue weighted by Gasteiger charge is 2.31. The molecule has 132 valence electrons. The molecule has 0 spiro atoms. The SMILES string of the molecule is COc1cccc2ccc(-c3cc4n(c(=O)c3)C[C@@H]3CNC[C@H]4C3)nc12. The Morgan fingerprint density at radius 2 is 2.12 bits per heavy atom. The van der Waals surface area contributed by atoms with Crippen LogP contribution in [-0.2, 0) is 6.54 Å². The molecule has 0 saturated carbocycles. The maximum absolute atomic E-state index is 12.8. The van der Waals surface area contributed by atoms with Gasteiger partial charge in [-0.25, -0.2) is 4.98 Å². The van der Waals surface area contributed by atoms with Crippen LogP contribution in [0.5, 0.6) is 5.75 Å². The third kappa shape index (κ3) is 2.42. The van der Waals surface area contributed by atoms with Crippen molar-refractivity contribution in [3.05, 3.63) is 58.5 Å². The Hall–Kier alpha value is -2.66. The van der Waals surface area contributed by atoms with Crippen molar-refractivity contribution in [1.82, 2.24) is 14.9 Å². The minimum absolute atomic E-state index is 0.0797. The molecule has 5 nitrogen and oxygen atoms in total. The molecular formula is C21H21N3O2. The number of ether oxygens (including phenoxy) is 1. The van der Waals surface area contributed by atoms with E-state index in [0.717, 1.165) is 59.7 Å². The zero-order valence-electron chi connectivity index (χ0n) is 14.7. The van der Waals surface area contributed by atoms with E-state index in [0.29, 0.717) is 11.8 Å². The highest BCUT2D eigenvalue weighted by atomic mass is 16.5. The molecule has 4 heterocycles. The van der Waals surface area contributed by atoms with Crippen molar-refractivity contribution in [2.45, 2.75) is 18.9 Å². The summed E-state index contributed by atoms with van der Waals surface area (Å²) in [5.41, 5.74) is 3.74. The van der Waals surface area contributed by atoms with Crippen molar-refractivity contribution in [1.29, 1.82) is 0 Å². The number of rotatable bonds is 2. The normalized spacial score (nSPS) is 21.4. The Labute approximate surface area is 151 Å². The van der Waals surface area contributed by atoms with Gasteiger partial charge in [-0.05, 0) is 37.1 Å². The maximum atomic E-state index is 12.8. The summed E-state index contributed by atoms with van der Waals surface area (Å²) in [7, 11) is 1.65. The van der Waals surface area contributed by atoms with E-state index in [1.54, 1.807) is 13.2 Å². The van der Waals surface area contributed by atoms with E-state index in [9.17, 15) is 4.79 Å². The van der Waals surface area contributed by atoms with Crippen LogP contribution in [-0.4, -0.2) is 29.8 Å². The third-order valence-electron chi connectivity index (χ3n) is 5.66. The average molecular weight is 347 g/mol. The van der Waals surface area contributed by atoms with E-state index in [1.165, 1.54) is 0 Å². The number of piperidine rings is 1. The number of hydrogen-bond donors (Lipinski definition) is 1. The van der Waals surface area contributed by atoms with Gasteiger partial charge in [0, 0.05) is 41.7 Å². The smallest absolute Gasteiger partial charge is 0.251 e. The van der Waals surface area contributed by atoms with Crippen LogP contribution < -0.4 is 15.6 Å². The fraction of sp³-hybridized carbons (Fsp3) is 0.333. The first-order valence-corrected chi connectivity index (χ1v) is 9.12. The molecule has 0 aliphatic carbocycles. The fourth-order valence-electron chi connectivity index (χ4n) is 4.40. The van der Waals surface area contributed by atoms with Gasteiger partial charge in [0.1, 0.15) is 11.3 Å². The largest absolute Gasteiger partial charge is 0.494 e. The van der Waals surface area contributed by atoms with Gasteiger partial charge in [0.15, 0.2) is 0 Å². The topological polar surface area (TPSA) is 56.1 Å². The van der Waals surface area contributed by atoms with E-state index in [-0.39, 0.29) is 5.56 Å². The molecule has 1 aromatic carbocycles. The van der Waals surface area contributed by atoms with Crippen LogP contribution in [0.4, 0.5) is 0 Å². The minimum atomic E-state index is 0.0797. The molecule has 0 unspecified atom stereocenters. The molecule has 5 heteroatoms. The highest BCUT2D eigenvalue weighted by molar-refractivity contribution is 5.86. The Balaban J connectivity index is 1.66. The van der Waals surface area contributed by atoms with Crippen molar-refractivity contribution >= 4 is 10.9 Å². The maximum Gasteiger partial charge on any atom is 0.251 e. The van der Waals surface area contributed by atoms with E-state index in [4.69, 9.17) is 9.72 Å². The number of methoxy groups -OCH3 is 1.